The molecule has 9 heteroatoms. The van der Waals surface area contributed by atoms with Gasteiger partial charge in [-0.25, -0.2) is 21.6 Å². The van der Waals surface area contributed by atoms with Crippen LogP contribution in [0.5, 0.6) is 0 Å². The van der Waals surface area contributed by atoms with Gasteiger partial charge in [-0.2, -0.15) is 0 Å². The van der Waals surface area contributed by atoms with Crippen LogP contribution in [0.15, 0.2) is 34.1 Å². The molecule has 7 nitrogen and oxygen atoms in total. The first-order valence-electron chi connectivity index (χ1n) is 8.76. The molecule has 2 fully saturated rings. The highest BCUT2D eigenvalue weighted by atomic mass is 32.2. The molecule has 0 unspecified atom stereocenters. The Morgan fingerprint density at radius 1 is 1.04 bits per heavy atom. The number of carbonyl (C=O) groups is 1. The zero-order chi connectivity index (χ0) is 18.9. The van der Waals surface area contributed by atoms with Crippen LogP contribution < -0.4 is 4.72 Å². The standard InChI is InChI=1S/C17H24N2O5S2/c1-25(21,22)15-6-8-16(9-7-15)26(23,24)18-11-13-10-17(20)19(12-13)14-4-2-3-5-14/h6-9,13-14,18H,2-5,10-12H2,1H3/t13-/m0/s1. The zero-order valence-corrected chi connectivity index (χ0v) is 16.4. The van der Waals surface area contributed by atoms with Crippen LogP contribution >= 0.6 is 0 Å². The molecule has 1 saturated heterocycles. The highest BCUT2D eigenvalue weighted by molar-refractivity contribution is 7.90. The molecule has 1 aromatic rings. The highest BCUT2D eigenvalue weighted by Crippen LogP contribution is 2.29. The van der Waals surface area contributed by atoms with Crippen molar-refractivity contribution in [2.45, 2.75) is 47.9 Å². The third-order valence-corrected chi connectivity index (χ3v) is 7.70. The summed E-state index contributed by atoms with van der Waals surface area (Å²) in [6.07, 6.45) is 5.81. The molecule has 26 heavy (non-hydrogen) atoms. The average Bonchev–Trinajstić information content (AvgIpc) is 3.21. The molecule has 0 spiro atoms. The molecule has 1 atom stereocenters. The van der Waals surface area contributed by atoms with Crippen molar-refractivity contribution in [1.82, 2.24) is 9.62 Å². The number of hydrogen-bond donors (Lipinski definition) is 1. The summed E-state index contributed by atoms with van der Waals surface area (Å²) in [5, 5.41) is 0. The van der Waals surface area contributed by atoms with Gasteiger partial charge in [0.15, 0.2) is 9.84 Å². The molecule has 1 aromatic carbocycles. The van der Waals surface area contributed by atoms with E-state index in [-0.39, 0.29) is 28.2 Å². The maximum absolute atomic E-state index is 12.4. The predicted octanol–water partition coefficient (Wildman–Crippen LogP) is 1.16. The van der Waals surface area contributed by atoms with Crippen molar-refractivity contribution >= 4 is 25.8 Å². The van der Waals surface area contributed by atoms with E-state index in [0.29, 0.717) is 19.0 Å². The van der Waals surface area contributed by atoms with Crippen molar-refractivity contribution in [2.75, 3.05) is 19.3 Å². The van der Waals surface area contributed by atoms with Crippen LogP contribution in [0.2, 0.25) is 0 Å². The molecule has 1 saturated carbocycles. The van der Waals surface area contributed by atoms with Crippen LogP contribution in [0.4, 0.5) is 0 Å². The molecular weight excluding hydrogens is 376 g/mol. The second-order valence-electron chi connectivity index (χ2n) is 7.15. The van der Waals surface area contributed by atoms with E-state index in [9.17, 15) is 21.6 Å². The van der Waals surface area contributed by atoms with Gasteiger partial charge in [0.05, 0.1) is 9.79 Å². The van der Waals surface area contributed by atoms with Gasteiger partial charge in [-0.15, -0.1) is 0 Å². The van der Waals surface area contributed by atoms with Crippen LogP contribution in [0.3, 0.4) is 0 Å². The van der Waals surface area contributed by atoms with Crippen molar-refractivity contribution in [1.29, 1.82) is 0 Å². The molecule has 3 rings (SSSR count). The minimum Gasteiger partial charge on any atom is -0.339 e. The van der Waals surface area contributed by atoms with Crippen molar-refractivity contribution in [3.63, 3.8) is 0 Å². The van der Waals surface area contributed by atoms with Crippen LogP contribution in [-0.2, 0) is 24.7 Å². The Hall–Kier alpha value is -1.45. The van der Waals surface area contributed by atoms with Crippen molar-refractivity contribution < 1.29 is 21.6 Å². The summed E-state index contributed by atoms with van der Waals surface area (Å²) >= 11 is 0. The summed E-state index contributed by atoms with van der Waals surface area (Å²) in [4.78, 5) is 14.2. The van der Waals surface area contributed by atoms with E-state index in [1.54, 1.807) is 0 Å². The molecule has 0 bridgehead atoms. The number of amides is 1. The number of hydrogen-bond acceptors (Lipinski definition) is 5. The average molecular weight is 401 g/mol. The van der Waals surface area contributed by atoms with Gasteiger partial charge in [0, 0.05) is 31.8 Å². The lowest BCUT2D eigenvalue weighted by molar-refractivity contribution is -0.129. The zero-order valence-electron chi connectivity index (χ0n) is 14.7. The minimum atomic E-state index is -3.74. The number of carbonyl (C=O) groups excluding carboxylic acids is 1. The fraction of sp³-hybridized carbons (Fsp3) is 0.588. The van der Waals surface area contributed by atoms with Gasteiger partial charge in [-0.1, -0.05) is 12.8 Å². The second kappa shape index (κ2) is 7.28. The van der Waals surface area contributed by atoms with E-state index in [0.717, 1.165) is 31.9 Å². The predicted molar refractivity (Wildman–Crippen MR) is 96.8 cm³/mol. The summed E-state index contributed by atoms with van der Waals surface area (Å²) in [5.74, 6) is 0.0757. The summed E-state index contributed by atoms with van der Waals surface area (Å²) in [6.45, 7) is 0.796. The van der Waals surface area contributed by atoms with Gasteiger partial charge in [0.2, 0.25) is 15.9 Å². The molecule has 1 N–H and O–H groups in total. The molecule has 1 heterocycles. The molecular formula is C17H24N2O5S2. The number of nitrogens with zero attached hydrogens (tertiary/aromatic N) is 1. The van der Waals surface area contributed by atoms with Gasteiger partial charge in [-0.3, -0.25) is 4.79 Å². The topological polar surface area (TPSA) is 101 Å². The van der Waals surface area contributed by atoms with Gasteiger partial charge in [-0.05, 0) is 43.0 Å². The summed E-state index contributed by atoms with van der Waals surface area (Å²) in [7, 11) is -7.11. The third kappa shape index (κ3) is 4.27. The summed E-state index contributed by atoms with van der Waals surface area (Å²) in [5.41, 5.74) is 0. The van der Waals surface area contributed by atoms with Crippen molar-refractivity contribution in [2.24, 2.45) is 5.92 Å². The largest absolute Gasteiger partial charge is 0.339 e. The Balaban J connectivity index is 1.61. The van der Waals surface area contributed by atoms with Gasteiger partial charge < -0.3 is 4.90 Å². The Labute approximate surface area is 154 Å². The normalized spacial score (nSPS) is 22.3. The maximum atomic E-state index is 12.4. The fourth-order valence-electron chi connectivity index (χ4n) is 3.69. The maximum Gasteiger partial charge on any atom is 0.240 e. The summed E-state index contributed by atoms with van der Waals surface area (Å²) in [6, 6.07) is 5.44. The Morgan fingerprint density at radius 3 is 2.19 bits per heavy atom. The number of rotatable bonds is 6. The Morgan fingerprint density at radius 2 is 1.62 bits per heavy atom. The van der Waals surface area contributed by atoms with Gasteiger partial charge in [0.1, 0.15) is 0 Å². The molecule has 144 valence electrons. The molecule has 1 aliphatic carbocycles. The lowest BCUT2D eigenvalue weighted by Crippen LogP contribution is -2.36. The van der Waals surface area contributed by atoms with E-state index in [1.807, 2.05) is 4.90 Å². The van der Waals surface area contributed by atoms with E-state index >= 15 is 0 Å². The van der Waals surface area contributed by atoms with E-state index in [2.05, 4.69) is 4.72 Å². The van der Waals surface area contributed by atoms with E-state index < -0.39 is 19.9 Å². The molecule has 2 aliphatic rings. The Kier molecular flexibility index (Phi) is 5.41. The highest BCUT2D eigenvalue weighted by Gasteiger charge is 2.35. The van der Waals surface area contributed by atoms with Crippen LogP contribution in [0.1, 0.15) is 32.1 Å². The SMILES string of the molecule is CS(=O)(=O)c1ccc(S(=O)(=O)NC[C@@H]2CC(=O)N(C3CCCC3)C2)cc1. The van der Waals surface area contributed by atoms with Crippen LogP contribution in [-0.4, -0.2) is 53.0 Å². The first-order chi connectivity index (χ1) is 12.2. The molecule has 0 radical (unpaired) electrons. The first-order valence-corrected chi connectivity index (χ1v) is 12.1. The van der Waals surface area contributed by atoms with Crippen molar-refractivity contribution in [3.8, 4) is 0 Å². The monoisotopic (exact) mass is 400 g/mol. The lowest BCUT2D eigenvalue weighted by Gasteiger charge is -2.24. The smallest absolute Gasteiger partial charge is 0.240 e. The van der Waals surface area contributed by atoms with Gasteiger partial charge >= 0.3 is 0 Å². The number of sulfonamides is 1. The number of likely N-dealkylation sites (tertiary alicyclic amines) is 1. The van der Waals surface area contributed by atoms with E-state index in [4.69, 9.17) is 0 Å². The molecule has 1 aliphatic heterocycles. The van der Waals surface area contributed by atoms with Crippen LogP contribution in [0, 0.1) is 5.92 Å². The van der Waals surface area contributed by atoms with Gasteiger partial charge in [0.25, 0.3) is 0 Å². The first kappa shape index (κ1) is 19.3. The van der Waals surface area contributed by atoms with E-state index in [1.165, 1.54) is 24.3 Å². The summed E-state index contributed by atoms with van der Waals surface area (Å²) < 4.78 is 50.3. The molecule has 1 amide bonds. The number of benzene rings is 1. The Bertz CT molecular complexity index is 872. The quantitative estimate of drug-likeness (QED) is 0.772. The second-order valence-corrected chi connectivity index (χ2v) is 10.9. The third-order valence-electron chi connectivity index (χ3n) is 5.13. The van der Waals surface area contributed by atoms with Crippen LogP contribution in [0.25, 0.3) is 0 Å². The molecule has 0 aromatic heterocycles. The minimum absolute atomic E-state index is 0.0156. The lowest BCUT2D eigenvalue weighted by atomic mass is 10.1. The fourth-order valence-corrected chi connectivity index (χ4v) is 5.44. The number of nitrogens with one attached hydrogen (secondary N) is 1. The number of sulfone groups is 1. The van der Waals surface area contributed by atoms with Crippen molar-refractivity contribution in [3.05, 3.63) is 24.3 Å².